The first-order chi connectivity index (χ1) is 10.2. The molecule has 116 valence electrons. The van der Waals surface area contributed by atoms with Crippen LogP contribution in [0.15, 0.2) is 0 Å². The molecule has 0 bridgehead atoms. The van der Waals surface area contributed by atoms with Crippen molar-refractivity contribution in [2.75, 3.05) is 26.2 Å². The molecule has 1 aromatic rings. The molecule has 0 spiro atoms. The van der Waals surface area contributed by atoms with Crippen molar-refractivity contribution in [1.82, 2.24) is 20.4 Å². The van der Waals surface area contributed by atoms with Crippen molar-refractivity contribution in [3.05, 3.63) is 17.0 Å². The number of H-pyrrole nitrogens is 1. The topological polar surface area (TPSA) is 64.2 Å². The quantitative estimate of drug-likeness (QED) is 0.781. The van der Waals surface area contributed by atoms with Crippen LogP contribution in [0.25, 0.3) is 0 Å². The standard InChI is InChI=1S/C16H26N4O/c21-16(6-2-7-17-10-16)11-20-8-5-14-13(9-20)15(19-18-14)12-3-1-4-12/h12,17,21H,1-11H2,(H,18,19)/t16-/m1/s1. The summed E-state index contributed by atoms with van der Waals surface area (Å²) >= 11 is 0. The molecule has 5 nitrogen and oxygen atoms in total. The zero-order chi connectivity index (χ0) is 14.3. The van der Waals surface area contributed by atoms with Crippen LogP contribution < -0.4 is 5.32 Å². The van der Waals surface area contributed by atoms with Gasteiger partial charge in [0.15, 0.2) is 0 Å². The van der Waals surface area contributed by atoms with Gasteiger partial charge in [-0.05, 0) is 32.2 Å². The Morgan fingerprint density at radius 2 is 2.24 bits per heavy atom. The third kappa shape index (κ3) is 2.62. The van der Waals surface area contributed by atoms with E-state index in [9.17, 15) is 5.11 Å². The van der Waals surface area contributed by atoms with Crippen LogP contribution in [0.2, 0.25) is 0 Å². The fourth-order valence-corrected chi connectivity index (χ4v) is 4.03. The largest absolute Gasteiger partial charge is 0.387 e. The van der Waals surface area contributed by atoms with Gasteiger partial charge in [-0.1, -0.05) is 6.42 Å². The Labute approximate surface area is 126 Å². The van der Waals surface area contributed by atoms with Crippen molar-refractivity contribution in [2.24, 2.45) is 0 Å². The van der Waals surface area contributed by atoms with Gasteiger partial charge < -0.3 is 10.4 Å². The molecule has 0 amide bonds. The van der Waals surface area contributed by atoms with E-state index >= 15 is 0 Å². The van der Waals surface area contributed by atoms with Crippen LogP contribution in [-0.2, 0) is 13.0 Å². The van der Waals surface area contributed by atoms with E-state index < -0.39 is 5.60 Å². The van der Waals surface area contributed by atoms with E-state index in [0.717, 1.165) is 52.0 Å². The Morgan fingerprint density at radius 3 is 2.95 bits per heavy atom. The van der Waals surface area contributed by atoms with E-state index in [4.69, 9.17) is 0 Å². The summed E-state index contributed by atoms with van der Waals surface area (Å²) in [7, 11) is 0. The predicted molar refractivity (Wildman–Crippen MR) is 81.2 cm³/mol. The number of rotatable bonds is 3. The monoisotopic (exact) mass is 290 g/mol. The Bertz CT molecular complexity index is 502. The van der Waals surface area contributed by atoms with E-state index in [-0.39, 0.29) is 0 Å². The van der Waals surface area contributed by atoms with Crippen LogP contribution in [0, 0.1) is 0 Å². The number of nitrogens with one attached hydrogen (secondary N) is 2. The number of fused-ring (bicyclic) bond motifs is 1. The second-order valence-electron chi connectivity index (χ2n) is 7.16. The van der Waals surface area contributed by atoms with E-state index in [1.165, 1.54) is 36.2 Å². The first kappa shape index (κ1) is 13.7. The molecule has 3 aliphatic rings. The van der Waals surface area contributed by atoms with E-state index in [0.29, 0.717) is 5.92 Å². The fourth-order valence-electron chi connectivity index (χ4n) is 4.03. The lowest BCUT2D eigenvalue weighted by molar-refractivity contribution is -0.0186. The number of aromatic amines is 1. The molecule has 1 atom stereocenters. The maximum Gasteiger partial charge on any atom is 0.0898 e. The van der Waals surface area contributed by atoms with Gasteiger partial charge in [0, 0.05) is 49.8 Å². The van der Waals surface area contributed by atoms with Gasteiger partial charge in [0.1, 0.15) is 0 Å². The lowest BCUT2D eigenvalue weighted by atomic mass is 9.80. The highest BCUT2D eigenvalue weighted by Gasteiger charge is 2.34. The van der Waals surface area contributed by atoms with Gasteiger partial charge in [-0.2, -0.15) is 5.10 Å². The number of β-amino-alcohol motifs (C(OH)–C–C–N with tert-alkyl or cyclic N) is 1. The third-order valence-electron chi connectivity index (χ3n) is 5.50. The molecule has 1 saturated heterocycles. The zero-order valence-electron chi connectivity index (χ0n) is 12.7. The molecule has 4 rings (SSSR count). The Hall–Kier alpha value is -0.910. The highest BCUT2D eigenvalue weighted by atomic mass is 16.3. The minimum atomic E-state index is -0.546. The van der Waals surface area contributed by atoms with Gasteiger partial charge >= 0.3 is 0 Å². The van der Waals surface area contributed by atoms with Crippen molar-refractivity contribution in [3.8, 4) is 0 Å². The summed E-state index contributed by atoms with van der Waals surface area (Å²) in [6.45, 7) is 4.55. The minimum absolute atomic E-state index is 0.546. The molecule has 0 aromatic carbocycles. The number of hydrogen-bond donors (Lipinski definition) is 3. The normalized spacial score (nSPS) is 30.9. The molecule has 3 N–H and O–H groups in total. The molecule has 0 radical (unpaired) electrons. The minimum Gasteiger partial charge on any atom is -0.387 e. The van der Waals surface area contributed by atoms with Crippen LogP contribution in [0.3, 0.4) is 0 Å². The number of hydrogen-bond acceptors (Lipinski definition) is 4. The smallest absolute Gasteiger partial charge is 0.0898 e. The Morgan fingerprint density at radius 1 is 1.33 bits per heavy atom. The molecular weight excluding hydrogens is 264 g/mol. The second kappa shape index (κ2) is 5.38. The maximum absolute atomic E-state index is 10.7. The summed E-state index contributed by atoms with van der Waals surface area (Å²) in [4.78, 5) is 2.42. The van der Waals surface area contributed by atoms with E-state index in [1.807, 2.05) is 0 Å². The second-order valence-corrected chi connectivity index (χ2v) is 7.16. The summed E-state index contributed by atoms with van der Waals surface area (Å²) in [5.41, 5.74) is 3.53. The molecule has 2 fully saturated rings. The summed E-state index contributed by atoms with van der Waals surface area (Å²) in [5.74, 6) is 0.685. The number of aromatic nitrogens is 2. The van der Waals surface area contributed by atoms with Crippen molar-refractivity contribution in [2.45, 2.75) is 56.6 Å². The molecule has 3 heterocycles. The molecule has 21 heavy (non-hydrogen) atoms. The Kier molecular flexibility index (Phi) is 3.52. The molecule has 0 unspecified atom stereocenters. The van der Waals surface area contributed by atoms with Gasteiger partial charge in [-0.15, -0.1) is 0 Å². The number of nitrogens with zero attached hydrogens (tertiary/aromatic N) is 2. The average Bonchev–Trinajstić information content (AvgIpc) is 2.81. The first-order valence-electron chi connectivity index (χ1n) is 8.45. The molecule has 5 heteroatoms. The SMILES string of the molecule is O[C@]1(CN2CCc3[nH]nc(C4CCC4)c3C2)CCCNC1. The molecule has 1 aliphatic carbocycles. The highest BCUT2D eigenvalue weighted by Crippen LogP contribution is 2.39. The predicted octanol–water partition coefficient (Wildman–Crippen LogP) is 1.15. The Balaban J connectivity index is 1.46. The number of piperidine rings is 1. The van der Waals surface area contributed by atoms with Gasteiger partial charge in [0.05, 0.1) is 11.3 Å². The van der Waals surface area contributed by atoms with Gasteiger partial charge in [-0.3, -0.25) is 10.00 Å². The molecule has 1 saturated carbocycles. The third-order valence-corrected chi connectivity index (χ3v) is 5.50. The lowest BCUT2D eigenvalue weighted by Gasteiger charge is -2.39. The summed E-state index contributed by atoms with van der Waals surface area (Å²) in [5, 5.41) is 21.9. The van der Waals surface area contributed by atoms with Crippen LogP contribution in [0.5, 0.6) is 0 Å². The maximum atomic E-state index is 10.7. The van der Waals surface area contributed by atoms with Gasteiger partial charge in [0.2, 0.25) is 0 Å². The highest BCUT2D eigenvalue weighted by molar-refractivity contribution is 5.31. The lowest BCUT2D eigenvalue weighted by Crippen LogP contribution is -2.53. The summed E-state index contributed by atoms with van der Waals surface area (Å²) in [6.07, 6.45) is 6.98. The van der Waals surface area contributed by atoms with E-state index in [2.05, 4.69) is 20.4 Å². The van der Waals surface area contributed by atoms with Crippen LogP contribution in [-0.4, -0.2) is 52.0 Å². The van der Waals surface area contributed by atoms with Crippen molar-refractivity contribution in [3.63, 3.8) is 0 Å². The summed E-state index contributed by atoms with van der Waals surface area (Å²) < 4.78 is 0. The van der Waals surface area contributed by atoms with Crippen LogP contribution in [0.4, 0.5) is 0 Å². The van der Waals surface area contributed by atoms with Crippen LogP contribution >= 0.6 is 0 Å². The number of aliphatic hydroxyl groups is 1. The first-order valence-corrected chi connectivity index (χ1v) is 8.45. The zero-order valence-corrected chi connectivity index (χ0v) is 12.7. The van der Waals surface area contributed by atoms with Gasteiger partial charge in [0.25, 0.3) is 0 Å². The van der Waals surface area contributed by atoms with Crippen LogP contribution in [0.1, 0.15) is 55.0 Å². The molecular formula is C16H26N4O. The van der Waals surface area contributed by atoms with Gasteiger partial charge in [-0.25, -0.2) is 0 Å². The summed E-state index contributed by atoms with van der Waals surface area (Å²) in [6, 6.07) is 0. The van der Waals surface area contributed by atoms with E-state index in [1.54, 1.807) is 0 Å². The molecule has 1 aromatic heterocycles. The van der Waals surface area contributed by atoms with Crippen molar-refractivity contribution in [1.29, 1.82) is 0 Å². The fraction of sp³-hybridized carbons (Fsp3) is 0.812. The van der Waals surface area contributed by atoms with Crippen molar-refractivity contribution >= 4 is 0 Å². The average molecular weight is 290 g/mol. The van der Waals surface area contributed by atoms with Crippen molar-refractivity contribution < 1.29 is 5.11 Å². The molecule has 2 aliphatic heterocycles.